The lowest BCUT2D eigenvalue weighted by Crippen LogP contribution is -2.41. The predicted molar refractivity (Wildman–Crippen MR) is 79.6 cm³/mol. The summed E-state index contributed by atoms with van der Waals surface area (Å²) >= 11 is 0. The number of aromatic nitrogens is 4. The first-order chi connectivity index (χ1) is 12.7. The largest absolute Gasteiger partial charge is 0.516 e. The topological polar surface area (TPSA) is 62.1 Å². The third-order valence-electron chi connectivity index (χ3n) is 3.72. The van der Waals surface area contributed by atoms with Gasteiger partial charge in [0, 0.05) is 22.0 Å². The van der Waals surface area contributed by atoms with Crippen molar-refractivity contribution in [2.45, 2.75) is 45.7 Å². The minimum absolute atomic E-state index is 0.00336. The molecule has 0 radical (unpaired) electrons. The van der Waals surface area contributed by atoms with E-state index < -0.39 is 49.4 Å². The summed E-state index contributed by atoms with van der Waals surface area (Å²) in [4.78, 5) is 7.26. The van der Waals surface area contributed by atoms with E-state index in [1.165, 1.54) is 0 Å². The molecular weight excluding hydrogens is 267 g/mol. The zero-order chi connectivity index (χ0) is 21.2. The van der Waals surface area contributed by atoms with E-state index in [0.29, 0.717) is 0 Å². The van der Waals surface area contributed by atoms with Crippen LogP contribution in [0.2, 0.25) is 0 Å². The van der Waals surface area contributed by atoms with E-state index >= 15 is 0 Å². The van der Waals surface area contributed by atoms with Gasteiger partial charge in [0.15, 0.2) is 5.82 Å². The van der Waals surface area contributed by atoms with Crippen LogP contribution >= 0.6 is 0 Å². The number of hydrogen-bond donors (Lipinski definition) is 0. The fourth-order valence-corrected chi connectivity index (χ4v) is 1.81. The fourth-order valence-electron chi connectivity index (χ4n) is 1.81. The summed E-state index contributed by atoms with van der Waals surface area (Å²) in [5.41, 5.74) is -1.99. The Balaban J connectivity index is 2.13. The Labute approximate surface area is 134 Å². The molecule has 1 saturated heterocycles. The van der Waals surface area contributed by atoms with Crippen molar-refractivity contribution >= 4 is 12.7 Å². The average molecular weight is 293 g/mol. The lowest BCUT2D eigenvalue weighted by molar-refractivity contribution is 0.00578. The van der Waals surface area contributed by atoms with Crippen LogP contribution in [0, 0.1) is 6.85 Å². The Morgan fingerprint density at radius 3 is 2.62 bits per heavy atom. The molecule has 0 aromatic carbocycles. The first kappa shape index (κ1) is 8.05. The maximum atomic E-state index is 8.20. The van der Waals surface area contributed by atoms with Gasteiger partial charge in [0.25, 0.3) is 0 Å². The second kappa shape index (κ2) is 4.64. The summed E-state index contributed by atoms with van der Waals surface area (Å²) in [6.45, 7) is 4.58. The third kappa shape index (κ3) is 2.47. The van der Waals surface area contributed by atoms with Crippen LogP contribution in [0.15, 0.2) is 24.6 Å². The molecule has 0 unspecified atom stereocenters. The van der Waals surface area contributed by atoms with Gasteiger partial charge in [-0.15, -0.1) is 0 Å². The van der Waals surface area contributed by atoms with Gasteiger partial charge in [-0.05, 0) is 40.6 Å². The highest BCUT2D eigenvalue weighted by molar-refractivity contribution is 6.61. The lowest BCUT2D eigenvalue weighted by atomic mass is 9.85. The quantitative estimate of drug-likeness (QED) is 0.780. The molecule has 0 saturated carbocycles. The molecule has 6 nitrogen and oxygen atoms in total. The van der Waals surface area contributed by atoms with E-state index in [4.69, 9.17) is 18.9 Å². The molecule has 0 amide bonds. The van der Waals surface area contributed by atoms with E-state index in [9.17, 15) is 0 Å². The van der Waals surface area contributed by atoms with Crippen LogP contribution in [-0.4, -0.2) is 38.1 Å². The van der Waals surface area contributed by atoms with Crippen LogP contribution in [0.5, 0.6) is 0 Å². The summed E-state index contributed by atoms with van der Waals surface area (Å²) in [5, 5.41) is 4.13. The zero-order valence-electron chi connectivity index (χ0n) is 19.2. The highest BCUT2D eigenvalue weighted by Gasteiger charge is 2.52. The molecule has 3 rings (SSSR count). The molecule has 1 aliphatic heterocycles. The summed E-state index contributed by atoms with van der Waals surface area (Å²) in [6, 6.07) is -0.897. The Bertz CT molecular complexity index is 929. The second-order valence-corrected chi connectivity index (χ2v) is 5.74. The van der Waals surface area contributed by atoms with Crippen LogP contribution in [0.1, 0.15) is 43.0 Å². The Kier molecular flexibility index (Phi) is 1.78. The first-order valence-corrected chi connectivity index (χ1v) is 6.43. The zero-order valence-corrected chi connectivity index (χ0v) is 12.2. The minimum Gasteiger partial charge on any atom is -0.398 e. The van der Waals surface area contributed by atoms with Crippen molar-refractivity contribution in [3.8, 4) is 5.82 Å². The molecule has 1 aliphatic rings. The molecule has 0 atom stereocenters. The molecule has 21 heavy (non-hydrogen) atoms. The van der Waals surface area contributed by atoms with E-state index in [1.54, 1.807) is 0 Å². The standard InChI is InChI=1S/C14H19BN4O2/c1-10-8-12(17-9-16-10)19-7-6-11(18-19)15-20-13(2,3)14(4,5)21-15/h6-9H,1-5H3/i1D3,6D,7D,8D,9D. The molecular formula is C14H19BN4O2. The molecule has 2 aromatic heterocycles. The van der Waals surface area contributed by atoms with Gasteiger partial charge in [-0.25, -0.2) is 14.6 Å². The van der Waals surface area contributed by atoms with Crippen molar-refractivity contribution in [2.75, 3.05) is 0 Å². The summed E-state index contributed by atoms with van der Waals surface area (Å²) in [5.74, 6) is -0.368. The molecule has 7 heteroatoms. The van der Waals surface area contributed by atoms with E-state index in [2.05, 4.69) is 15.1 Å². The van der Waals surface area contributed by atoms with Gasteiger partial charge in [-0.3, -0.25) is 0 Å². The number of aryl methyl sites for hydroxylation is 1. The van der Waals surface area contributed by atoms with Crippen molar-refractivity contribution in [1.29, 1.82) is 0 Å². The van der Waals surface area contributed by atoms with Crippen molar-refractivity contribution in [3.05, 3.63) is 30.3 Å². The average Bonchev–Trinajstić information content (AvgIpc) is 2.94. The fraction of sp³-hybridized carbons (Fsp3) is 0.500. The second-order valence-electron chi connectivity index (χ2n) is 5.74. The van der Waals surface area contributed by atoms with Gasteiger partial charge in [-0.2, -0.15) is 5.10 Å². The Hall–Kier alpha value is -1.73. The molecule has 0 spiro atoms. The van der Waals surface area contributed by atoms with Gasteiger partial charge in [0.1, 0.15) is 7.67 Å². The molecule has 1 fully saturated rings. The monoisotopic (exact) mass is 293 g/mol. The Morgan fingerprint density at radius 1 is 1.24 bits per heavy atom. The predicted octanol–water partition coefficient (Wildman–Crippen LogP) is 1.27. The van der Waals surface area contributed by atoms with E-state index in [0.717, 1.165) is 4.68 Å². The molecule has 0 aliphatic carbocycles. The SMILES string of the molecule is [2H]c1nc(-n2nc(B3OC(C)(C)C(C)(C)O3)c([2H])c2[2H])c([2H])c(C([2H])([2H])[2H])n1. The highest BCUT2D eigenvalue weighted by Crippen LogP contribution is 2.36. The van der Waals surface area contributed by atoms with Gasteiger partial charge >= 0.3 is 7.12 Å². The number of rotatable bonds is 2. The third-order valence-corrected chi connectivity index (χ3v) is 3.72. The van der Waals surface area contributed by atoms with Gasteiger partial charge < -0.3 is 9.31 Å². The van der Waals surface area contributed by atoms with Crippen molar-refractivity contribution in [3.63, 3.8) is 0 Å². The van der Waals surface area contributed by atoms with Crippen LogP contribution in [0.25, 0.3) is 5.82 Å². The van der Waals surface area contributed by atoms with Gasteiger partial charge in [0.2, 0.25) is 0 Å². The smallest absolute Gasteiger partial charge is 0.398 e. The van der Waals surface area contributed by atoms with E-state index in [1.807, 2.05) is 27.7 Å². The summed E-state index contributed by atoms with van der Waals surface area (Å²) < 4.78 is 67.1. The molecule has 110 valence electrons. The molecule has 0 N–H and O–H groups in total. The van der Waals surface area contributed by atoms with Gasteiger partial charge in [-0.1, -0.05) is 0 Å². The van der Waals surface area contributed by atoms with E-state index in [-0.39, 0.29) is 17.5 Å². The first-order valence-electron chi connectivity index (χ1n) is 9.93. The number of nitrogens with zero attached hydrogens (tertiary/aromatic N) is 4. The van der Waals surface area contributed by atoms with Crippen LogP contribution in [0.4, 0.5) is 0 Å². The van der Waals surface area contributed by atoms with Crippen LogP contribution in [-0.2, 0) is 9.31 Å². The lowest BCUT2D eigenvalue weighted by Gasteiger charge is -2.32. The maximum absolute atomic E-state index is 8.20. The Morgan fingerprint density at radius 2 is 1.95 bits per heavy atom. The highest BCUT2D eigenvalue weighted by atomic mass is 16.7. The van der Waals surface area contributed by atoms with Crippen molar-refractivity contribution in [1.82, 2.24) is 19.7 Å². The molecule has 0 bridgehead atoms. The van der Waals surface area contributed by atoms with Crippen molar-refractivity contribution in [2.24, 2.45) is 0 Å². The van der Waals surface area contributed by atoms with Crippen molar-refractivity contribution < 1.29 is 18.9 Å². The summed E-state index contributed by atoms with van der Waals surface area (Å²) in [7, 11) is -1.02. The summed E-state index contributed by atoms with van der Waals surface area (Å²) in [6.07, 6.45) is -1.07. The molecule has 2 aromatic rings. The van der Waals surface area contributed by atoms with Gasteiger partial charge in [0.05, 0.1) is 20.9 Å². The van der Waals surface area contributed by atoms with Crippen LogP contribution in [0.3, 0.4) is 0 Å². The maximum Gasteiger partial charge on any atom is 0.516 e. The minimum atomic E-state index is -2.74. The van der Waals surface area contributed by atoms with Crippen LogP contribution < -0.4 is 5.59 Å². The number of hydrogen-bond acceptors (Lipinski definition) is 5. The normalized spacial score (nSPS) is 25.3. The molecule has 3 heterocycles.